The fraction of sp³-hybridized carbons (Fsp3) is 0.667. The first-order valence-electron chi connectivity index (χ1n) is 7.75. The van der Waals surface area contributed by atoms with Crippen molar-refractivity contribution in [3.8, 4) is 11.5 Å². The molecule has 0 aliphatic heterocycles. The summed E-state index contributed by atoms with van der Waals surface area (Å²) in [5, 5.41) is 0. The molecule has 0 aromatic heterocycles. The molecule has 22 heavy (non-hydrogen) atoms. The first kappa shape index (κ1) is 18.8. The molecular formula is C18H30O4. The third-order valence-electron chi connectivity index (χ3n) is 2.71. The summed E-state index contributed by atoms with van der Waals surface area (Å²) in [5.41, 5.74) is 1.12. The van der Waals surface area contributed by atoms with Crippen LogP contribution in [0, 0.1) is 6.92 Å². The summed E-state index contributed by atoms with van der Waals surface area (Å²) >= 11 is 0. The Bertz CT molecular complexity index is 493. The molecular weight excluding hydrogens is 280 g/mol. The predicted molar refractivity (Wildman–Crippen MR) is 88.2 cm³/mol. The molecule has 4 heteroatoms. The standard InChI is InChI=1S/C18H30O4/c1-12(2)14-11-10-13(3)15(19-21-17(4,5)6)16(14)20-22-18(7,8)9/h10-12H,1-9H3. The van der Waals surface area contributed by atoms with Gasteiger partial charge in [-0.2, -0.15) is 9.78 Å². The Labute approximate surface area is 134 Å². The van der Waals surface area contributed by atoms with Crippen molar-refractivity contribution in [2.24, 2.45) is 0 Å². The average molecular weight is 310 g/mol. The van der Waals surface area contributed by atoms with Crippen LogP contribution in [0.15, 0.2) is 12.1 Å². The van der Waals surface area contributed by atoms with E-state index < -0.39 is 11.2 Å². The third-order valence-corrected chi connectivity index (χ3v) is 2.71. The summed E-state index contributed by atoms with van der Waals surface area (Å²) in [6.07, 6.45) is 0. The molecule has 0 saturated carbocycles. The topological polar surface area (TPSA) is 36.9 Å². The quantitative estimate of drug-likeness (QED) is 0.543. The van der Waals surface area contributed by atoms with E-state index >= 15 is 0 Å². The van der Waals surface area contributed by atoms with Crippen molar-refractivity contribution in [2.45, 2.75) is 79.4 Å². The Hall–Kier alpha value is -1.26. The van der Waals surface area contributed by atoms with Crippen LogP contribution in [0.3, 0.4) is 0 Å². The first-order valence-corrected chi connectivity index (χ1v) is 7.75. The Balaban J connectivity index is 3.18. The van der Waals surface area contributed by atoms with Gasteiger partial charge in [0.15, 0.2) is 0 Å². The minimum atomic E-state index is -0.417. The van der Waals surface area contributed by atoms with Gasteiger partial charge in [-0.25, -0.2) is 0 Å². The minimum absolute atomic E-state index is 0.274. The zero-order valence-corrected chi connectivity index (χ0v) is 15.4. The molecule has 126 valence electrons. The highest BCUT2D eigenvalue weighted by molar-refractivity contribution is 5.52. The molecule has 0 radical (unpaired) electrons. The van der Waals surface area contributed by atoms with Gasteiger partial charge in [-0.15, -0.1) is 0 Å². The van der Waals surface area contributed by atoms with Crippen LogP contribution >= 0.6 is 0 Å². The highest BCUT2D eigenvalue weighted by Crippen LogP contribution is 2.39. The number of benzene rings is 1. The van der Waals surface area contributed by atoms with E-state index in [9.17, 15) is 0 Å². The minimum Gasteiger partial charge on any atom is -0.333 e. The van der Waals surface area contributed by atoms with Crippen molar-refractivity contribution in [3.63, 3.8) is 0 Å². The van der Waals surface area contributed by atoms with Crippen molar-refractivity contribution in [3.05, 3.63) is 23.3 Å². The molecule has 0 atom stereocenters. The second kappa shape index (κ2) is 6.88. The van der Waals surface area contributed by atoms with Crippen LogP contribution < -0.4 is 9.78 Å². The first-order chi connectivity index (χ1) is 9.91. The molecule has 0 aliphatic rings. The molecule has 1 rings (SSSR count). The predicted octanol–water partition coefficient (Wildman–Crippen LogP) is 5.34. The van der Waals surface area contributed by atoms with Gasteiger partial charge < -0.3 is 9.78 Å². The van der Waals surface area contributed by atoms with Crippen LogP contribution in [0.4, 0.5) is 0 Å². The van der Waals surface area contributed by atoms with E-state index in [2.05, 4.69) is 13.8 Å². The Morgan fingerprint density at radius 1 is 0.773 bits per heavy atom. The van der Waals surface area contributed by atoms with E-state index in [0.717, 1.165) is 11.1 Å². The lowest BCUT2D eigenvalue weighted by Gasteiger charge is -2.24. The maximum absolute atomic E-state index is 5.64. The van der Waals surface area contributed by atoms with E-state index in [1.54, 1.807) is 0 Å². The summed E-state index contributed by atoms with van der Waals surface area (Å²) in [7, 11) is 0. The molecule has 0 amide bonds. The van der Waals surface area contributed by atoms with Gasteiger partial charge in [-0.1, -0.05) is 26.0 Å². The second-order valence-corrected chi connectivity index (χ2v) is 7.84. The van der Waals surface area contributed by atoms with Crippen LogP contribution in [0.5, 0.6) is 11.5 Å². The zero-order valence-electron chi connectivity index (χ0n) is 15.4. The molecule has 0 bridgehead atoms. The Kier molecular flexibility index (Phi) is 5.88. The molecule has 4 nitrogen and oxygen atoms in total. The van der Waals surface area contributed by atoms with Gasteiger partial charge >= 0.3 is 0 Å². The molecule has 0 fully saturated rings. The van der Waals surface area contributed by atoms with E-state index in [1.165, 1.54) is 0 Å². The zero-order chi connectivity index (χ0) is 17.1. The summed E-state index contributed by atoms with van der Waals surface area (Å²) in [5.74, 6) is 1.41. The lowest BCUT2D eigenvalue weighted by molar-refractivity contribution is -0.293. The van der Waals surface area contributed by atoms with Gasteiger partial charge in [0.05, 0.1) is 0 Å². The highest BCUT2D eigenvalue weighted by atomic mass is 17.2. The molecule has 0 unspecified atom stereocenters. The fourth-order valence-electron chi connectivity index (χ4n) is 1.65. The van der Waals surface area contributed by atoms with Gasteiger partial charge in [0.2, 0.25) is 11.5 Å². The van der Waals surface area contributed by atoms with Gasteiger partial charge in [0.25, 0.3) is 0 Å². The lowest BCUT2D eigenvalue weighted by Crippen LogP contribution is -2.24. The normalized spacial score (nSPS) is 12.6. The molecule has 1 aromatic rings. The summed E-state index contributed by atoms with van der Waals surface area (Å²) in [6.45, 7) is 17.8. The summed E-state index contributed by atoms with van der Waals surface area (Å²) in [6, 6.07) is 4.03. The van der Waals surface area contributed by atoms with Gasteiger partial charge in [-0.05, 0) is 59.9 Å². The van der Waals surface area contributed by atoms with Gasteiger partial charge in [0, 0.05) is 5.56 Å². The maximum atomic E-state index is 5.64. The Morgan fingerprint density at radius 3 is 1.64 bits per heavy atom. The van der Waals surface area contributed by atoms with Gasteiger partial charge in [-0.3, -0.25) is 0 Å². The fourth-order valence-corrected chi connectivity index (χ4v) is 1.65. The maximum Gasteiger partial charge on any atom is 0.215 e. The molecule has 0 spiro atoms. The van der Waals surface area contributed by atoms with Crippen LogP contribution in [0.1, 0.15) is 72.4 Å². The molecule has 0 N–H and O–H groups in total. The van der Waals surface area contributed by atoms with Gasteiger partial charge in [0.1, 0.15) is 11.2 Å². The number of hydrogen-bond acceptors (Lipinski definition) is 4. The van der Waals surface area contributed by atoms with E-state index in [4.69, 9.17) is 19.6 Å². The third kappa shape index (κ3) is 5.85. The number of hydrogen-bond donors (Lipinski definition) is 0. The van der Waals surface area contributed by atoms with Crippen molar-refractivity contribution < 1.29 is 19.6 Å². The summed E-state index contributed by atoms with van der Waals surface area (Å²) in [4.78, 5) is 22.2. The second-order valence-electron chi connectivity index (χ2n) is 7.84. The summed E-state index contributed by atoms with van der Waals surface area (Å²) < 4.78 is 0. The average Bonchev–Trinajstić information content (AvgIpc) is 2.32. The van der Waals surface area contributed by atoms with Crippen molar-refractivity contribution in [1.82, 2.24) is 0 Å². The monoisotopic (exact) mass is 310 g/mol. The van der Waals surface area contributed by atoms with Crippen molar-refractivity contribution >= 4 is 0 Å². The van der Waals surface area contributed by atoms with Crippen LogP contribution in [-0.2, 0) is 9.78 Å². The van der Waals surface area contributed by atoms with Crippen molar-refractivity contribution in [2.75, 3.05) is 0 Å². The lowest BCUT2D eigenvalue weighted by atomic mass is 10.00. The van der Waals surface area contributed by atoms with Crippen LogP contribution in [-0.4, -0.2) is 11.2 Å². The number of aryl methyl sites for hydroxylation is 1. The van der Waals surface area contributed by atoms with E-state index in [0.29, 0.717) is 11.5 Å². The molecule has 0 aliphatic carbocycles. The van der Waals surface area contributed by atoms with E-state index in [-0.39, 0.29) is 5.92 Å². The molecule has 0 saturated heterocycles. The molecule has 0 heterocycles. The number of rotatable bonds is 5. The van der Waals surface area contributed by atoms with Crippen molar-refractivity contribution in [1.29, 1.82) is 0 Å². The SMILES string of the molecule is Cc1ccc(C(C)C)c(OOC(C)(C)C)c1OOC(C)(C)C. The van der Waals surface area contributed by atoms with Crippen LogP contribution in [0.25, 0.3) is 0 Å². The van der Waals surface area contributed by atoms with Crippen LogP contribution in [0.2, 0.25) is 0 Å². The highest BCUT2D eigenvalue weighted by Gasteiger charge is 2.23. The largest absolute Gasteiger partial charge is 0.333 e. The molecule has 1 aromatic carbocycles. The Morgan fingerprint density at radius 2 is 1.23 bits per heavy atom. The smallest absolute Gasteiger partial charge is 0.215 e. The van der Waals surface area contributed by atoms with E-state index in [1.807, 2.05) is 60.6 Å².